The summed E-state index contributed by atoms with van der Waals surface area (Å²) >= 11 is 0. The van der Waals surface area contributed by atoms with Crippen molar-refractivity contribution in [3.05, 3.63) is 65.2 Å². The van der Waals surface area contributed by atoms with Gasteiger partial charge in [0.05, 0.1) is 17.7 Å². The Bertz CT molecular complexity index is 734. The number of benzene rings is 2. The summed E-state index contributed by atoms with van der Waals surface area (Å²) in [5, 5.41) is 0. The van der Waals surface area contributed by atoms with E-state index in [1.807, 2.05) is 32.0 Å². The first-order valence-electron chi connectivity index (χ1n) is 8.59. The van der Waals surface area contributed by atoms with Crippen molar-refractivity contribution in [1.29, 1.82) is 0 Å². The van der Waals surface area contributed by atoms with Crippen molar-refractivity contribution < 1.29 is 19.1 Å². The molecule has 2 rings (SSSR count). The first kappa shape index (κ1) is 18.7. The van der Waals surface area contributed by atoms with Crippen LogP contribution in [0.25, 0.3) is 0 Å². The number of esters is 2. The molecule has 4 nitrogen and oxygen atoms in total. The van der Waals surface area contributed by atoms with E-state index in [4.69, 9.17) is 9.47 Å². The number of carbonyl (C=O) groups excluding carboxylic acids is 2. The van der Waals surface area contributed by atoms with E-state index >= 15 is 0 Å². The first-order chi connectivity index (χ1) is 12.0. The van der Waals surface area contributed by atoms with Crippen molar-refractivity contribution in [3.8, 4) is 5.75 Å². The minimum absolute atomic E-state index is 0.211. The Labute approximate surface area is 148 Å². The van der Waals surface area contributed by atoms with E-state index in [9.17, 15) is 9.59 Å². The molecule has 0 saturated carbocycles. The summed E-state index contributed by atoms with van der Waals surface area (Å²) in [7, 11) is 0. The lowest BCUT2D eigenvalue weighted by molar-refractivity contribution is 0.0452. The summed E-state index contributed by atoms with van der Waals surface area (Å²) in [6, 6.07) is 14.0. The Kier molecular flexibility index (Phi) is 6.75. The minimum Gasteiger partial charge on any atom is -0.462 e. The monoisotopic (exact) mass is 340 g/mol. The molecule has 0 heterocycles. The molecule has 0 aliphatic carbocycles. The van der Waals surface area contributed by atoms with E-state index in [2.05, 4.69) is 6.92 Å². The van der Waals surface area contributed by atoms with Gasteiger partial charge in [0, 0.05) is 0 Å². The zero-order valence-corrected chi connectivity index (χ0v) is 15.0. The summed E-state index contributed by atoms with van der Waals surface area (Å²) in [5.74, 6) is -0.313. The van der Waals surface area contributed by atoms with Crippen LogP contribution in [-0.2, 0) is 11.2 Å². The van der Waals surface area contributed by atoms with Crippen LogP contribution in [0.5, 0.6) is 5.75 Å². The van der Waals surface area contributed by atoms with Crippen LogP contribution in [0.15, 0.2) is 48.5 Å². The van der Waals surface area contributed by atoms with Crippen molar-refractivity contribution in [2.75, 3.05) is 6.61 Å². The van der Waals surface area contributed by atoms with Gasteiger partial charge >= 0.3 is 11.9 Å². The Morgan fingerprint density at radius 1 is 0.920 bits per heavy atom. The van der Waals surface area contributed by atoms with Crippen molar-refractivity contribution in [2.45, 2.75) is 33.6 Å². The van der Waals surface area contributed by atoms with E-state index in [0.717, 1.165) is 18.4 Å². The molecular formula is C21H24O4. The third-order valence-electron chi connectivity index (χ3n) is 3.61. The quantitative estimate of drug-likeness (QED) is 0.543. The van der Waals surface area contributed by atoms with Crippen LogP contribution in [-0.4, -0.2) is 18.5 Å². The SMILES string of the molecule is CCCc1ccccc1OC(=O)c1ccccc1C(=O)OCC(C)C. The van der Waals surface area contributed by atoms with Gasteiger partial charge in [0.15, 0.2) is 0 Å². The second-order valence-corrected chi connectivity index (χ2v) is 6.29. The largest absolute Gasteiger partial charge is 0.462 e. The number of rotatable bonds is 7. The highest BCUT2D eigenvalue weighted by Gasteiger charge is 2.20. The van der Waals surface area contributed by atoms with Crippen LogP contribution in [0.2, 0.25) is 0 Å². The molecule has 2 aromatic rings. The fourth-order valence-electron chi connectivity index (χ4n) is 2.39. The zero-order valence-electron chi connectivity index (χ0n) is 15.0. The molecule has 132 valence electrons. The van der Waals surface area contributed by atoms with Gasteiger partial charge in [0.25, 0.3) is 0 Å². The van der Waals surface area contributed by atoms with Crippen LogP contribution in [0, 0.1) is 5.92 Å². The number of carbonyl (C=O) groups is 2. The Balaban J connectivity index is 2.21. The normalized spacial score (nSPS) is 10.6. The second kappa shape index (κ2) is 9.02. The fourth-order valence-corrected chi connectivity index (χ4v) is 2.39. The Hall–Kier alpha value is -2.62. The topological polar surface area (TPSA) is 52.6 Å². The number of para-hydroxylation sites is 1. The smallest absolute Gasteiger partial charge is 0.344 e. The third kappa shape index (κ3) is 5.18. The predicted molar refractivity (Wildman–Crippen MR) is 97.0 cm³/mol. The van der Waals surface area contributed by atoms with Gasteiger partial charge in [-0.3, -0.25) is 0 Å². The molecule has 0 fully saturated rings. The molecule has 4 heteroatoms. The van der Waals surface area contributed by atoms with E-state index in [-0.39, 0.29) is 17.0 Å². The summed E-state index contributed by atoms with van der Waals surface area (Å²) < 4.78 is 10.8. The van der Waals surface area contributed by atoms with E-state index in [0.29, 0.717) is 12.4 Å². The first-order valence-corrected chi connectivity index (χ1v) is 8.59. The molecule has 0 radical (unpaired) electrons. The van der Waals surface area contributed by atoms with Gasteiger partial charge in [-0.05, 0) is 36.1 Å². The molecule has 0 N–H and O–H groups in total. The van der Waals surface area contributed by atoms with Gasteiger partial charge in [-0.1, -0.05) is 57.5 Å². The molecule has 25 heavy (non-hydrogen) atoms. The lowest BCUT2D eigenvalue weighted by Crippen LogP contribution is -2.17. The molecule has 0 bridgehead atoms. The molecule has 0 amide bonds. The maximum Gasteiger partial charge on any atom is 0.344 e. The molecule has 0 atom stereocenters. The van der Waals surface area contributed by atoms with E-state index < -0.39 is 11.9 Å². The van der Waals surface area contributed by atoms with E-state index in [1.54, 1.807) is 30.3 Å². The molecule has 0 aliphatic heterocycles. The Morgan fingerprint density at radius 2 is 1.52 bits per heavy atom. The highest BCUT2D eigenvalue weighted by molar-refractivity contribution is 6.03. The Morgan fingerprint density at radius 3 is 2.16 bits per heavy atom. The lowest BCUT2D eigenvalue weighted by atomic mass is 10.1. The molecule has 2 aromatic carbocycles. The molecule has 0 aromatic heterocycles. The summed E-state index contributed by atoms with van der Waals surface area (Å²) in [6.45, 7) is 6.29. The van der Waals surface area contributed by atoms with E-state index in [1.165, 1.54) is 0 Å². The number of ether oxygens (including phenoxy) is 2. The van der Waals surface area contributed by atoms with Crippen molar-refractivity contribution in [2.24, 2.45) is 5.92 Å². The predicted octanol–water partition coefficient (Wildman–Crippen LogP) is 4.67. The van der Waals surface area contributed by atoms with Crippen LogP contribution in [0.4, 0.5) is 0 Å². The number of hydrogen-bond donors (Lipinski definition) is 0. The van der Waals surface area contributed by atoms with Gasteiger partial charge in [-0.2, -0.15) is 0 Å². The maximum atomic E-state index is 12.6. The molecule has 0 aliphatic rings. The summed E-state index contributed by atoms with van der Waals surface area (Å²) in [6.07, 6.45) is 1.77. The molecular weight excluding hydrogens is 316 g/mol. The zero-order chi connectivity index (χ0) is 18.2. The second-order valence-electron chi connectivity index (χ2n) is 6.29. The van der Waals surface area contributed by atoms with Crippen LogP contribution >= 0.6 is 0 Å². The van der Waals surface area contributed by atoms with Gasteiger partial charge in [-0.25, -0.2) is 9.59 Å². The van der Waals surface area contributed by atoms with Crippen LogP contribution < -0.4 is 4.74 Å². The van der Waals surface area contributed by atoms with Gasteiger partial charge in [0.1, 0.15) is 5.75 Å². The van der Waals surface area contributed by atoms with Crippen molar-refractivity contribution in [1.82, 2.24) is 0 Å². The molecule has 0 unspecified atom stereocenters. The average molecular weight is 340 g/mol. The molecule has 0 spiro atoms. The number of hydrogen-bond acceptors (Lipinski definition) is 4. The fraction of sp³-hybridized carbons (Fsp3) is 0.333. The van der Waals surface area contributed by atoms with Gasteiger partial charge in [0.2, 0.25) is 0 Å². The summed E-state index contributed by atoms with van der Waals surface area (Å²) in [5.41, 5.74) is 1.40. The third-order valence-corrected chi connectivity index (χ3v) is 3.61. The minimum atomic E-state index is -0.555. The van der Waals surface area contributed by atoms with Crippen LogP contribution in [0.1, 0.15) is 53.5 Å². The van der Waals surface area contributed by atoms with Gasteiger partial charge in [-0.15, -0.1) is 0 Å². The number of aryl methyl sites for hydroxylation is 1. The van der Waals surface area contributed by atoms with Gasteiger partial charge < -0.3 is 9.47 Å². The molecule has 0 saturated heterocycles. The standard InChI is InChI=1S/C21H24O4/c1-4-9-16-10-5-8-13-19(16)25-21(23)18-12-7-6-11-17(18)20(22)24-14-15(2)3/h5-8,10-13,15H,4,9,14H2,1-3H3. The lowest BCUT2D eigenvalue weighted by Gasteiger charge is -2.12. The average Bonchev–Trinajstić information content (AvgIpc) is 2.61. The maximum absolute atomic E-state index is 12.6. The summed E-state index contributed by atoms with van der Waals surface area (Å²) in [4.78, 5) is 24.9. The van der Waals surface area contributed by atoms with Crippen molar-refractivity contribution in [3.63, 3.8) is 0 Å². The highest BCUT2D eigenvalue weighted by atomic mass is 16.5. The van der Waals surface area contributed by atoms with Crippen molar-refractivity contribution >= 4 is 11.9 Å². The van der Waals surface area contributed by atoms with Crippen LogP contribution in [0.3, 0.4) is 0 Å². The highest BCUT2D eigenvalue weighted by Crippen LogP contribution is 2.22.